The molecule has 6 aromatic carbocycles. The van der Waals surface area contributed by atoms with Gasteiger partial charge in [-0.15, -0.1) is 0 Å². The van der Waals surface area contributed by atoms with E-state index in [0.717, 1.165) is 86.5 Å². The molecule has 0 aromatic heterocycles. The molecule has 0 N–H and O–H groups in total. The van der Waals surface area contributed by atoms with Crippen molar-refractivity contribution in [2.24, 2.45) is 0 Å². The Balaban J connectivity index is 1.32. The Bertz CT molecular complexity index is 1830. The summed E-state index contributed by atoms with van der Waals surface area (Å²) in [5.41, 5.74) is 14.2. The van der Waals surface area contributed by atoms with E-state index < -0.39 is 0 Å². The van der Waals surface area contributed by atoms with Crippen LogP contribution in [0.3, 0.4) is 0 Å². The maximum Gasteiger partial charge on any atom is 0.0463 e. The molecule has 6 aromatic rings. The third-order valence-electron chi connectivity index (χ3n) is 11.5. The lowest BCUT2D eigenvalue weighted by Crippen LogP contribution is -2.22. The van der Waals surface area contributed by atoms with Crippen molar-refractivity contribution in [1.82, 2.24) is 0 Å². The number of rotatable bonds is 19. The SMILES string of the molecule is CCN(CC)c1ccc(N(c2ccc(-c3ccc(N(c4ccc(N(CC)CC)cc4)c4ccc(N(CC)CC)cc4)cc3)cc2)c2ccc(N(CC)CC)cc2)cc1. The minimum Gasteiger partial charge on any atom is -0.372 e. The summed E-state index contributed by atoms with van der Waals surface area (Å²) < 4.78 is 0. The van der Waals surface area contributed by atoms with E-state index in [9.17, 15) is 0 Å². The molecule has 0 saturated carbocycles. The van der Waals surface area contributed by atoms with Crippen LogP contribution in [0.4, 0.5) is 56.9 Å². The van der Waals surface area contributed by atoms with E-state index in [4.69, 9.17) is 0 Å². The Morgan fingerprint density at radius 2 is 0.345 bits per heavy atom. The Kier molecular flexibility index (Phi) is 14.4. The Morgan fingerprint density at radius 1 is 0.207 bits per heavy atom. The van der Waals surface area contributed by atoms with Gasteiger partial charge in [0.05, 0.1) is 0 Å². The molecule has 0 heterocycles. The molecule has 0 aliphatic carbocycles. The zero-order valence-corrected chi connectivity index (χ0v) is 36.2. The monoisotopic (exact) mass is 773 g/mol. The van der Waals surface area contributed by atoms with E-state index in [1.54, 1.807) is 0 Å². The molecule has 58 heavy (non-hydrogen) atoms. The summed E-state index contributed by atoms with van der Waals surface area (Å²) >= 11 is 0. The standard InChI is InChI=1S/C52H64N6/c1-9-53(10-2)43-25-33-49(34-26-43)57(50-35-27-44(28-36-50)54(11-3)12-4)47-21-17-41(18-22-47)42-19-23-48(24-20-42)58(51-37-29-45(30-38-51)55(13-5)14-6)52-39-31-46(32-40-52)56(15-7)16-8/h17-40H,9-16H2,1-8H3. The second-order valence-corrected chi connectivity index (χ2v) is 14.5. The van der Waals surface area contributed by atoms with Gasteiger partial charge in [0.25, 0.3) is 0 Å². The van der Waals surface area contributed by atoms with Crippen LogP contribution in [0.2, 0.25) is 0 Å². The van der Waals surface area contributed by atoms with E-state index in [1.165, 1.54) is 33.9 Å². The zero-order valence-electron chi connectivity index (χ0n) is 36.2. The predicted molar refractivity (Wildman–Crippen MR) is 255 cm³/mol. The molecule has 0 aliphatic rings. The van der Waals surface area contributed by atoms with Crippen molar-refractivity contribution in [2.45, 2.75) is 55.4 Å². The number of nitrogens with zero attached hydrogens (tertiary/aromatic N) is 6. The number of hydrogen-bond acceptors (Lipinski definition) is 6. The van der Waals surface area contributed by atoms with Crippen LogP contribution < -0.4 is 29.4 Å². The van der Waals surface area contributed by atoms with Gasteiger partial charge in [0.2, 0.25) is 0 Å². The van der Waals surface area contributed by atoms with E-state index in [0.29, 0.717) is 0 Å². The van der Waals surface area contributed by atoms with Gasteiger partial charge >= 0.3 is 0 Å². The summed E-state index contributed by atoms with van der Waals surface area (Å²) in [7, 11) is 0. The Hall–Kier alpha value is -5.88. The maximum absolute atomic E-state index is 2.39. The van der Waals surface area contributed by atoms with Crippen LogP contribution in [-0.2, 0) is 0 Å². The van der Waals surface area contributed by atoms with Crippen LogP contribution in [0.1, 0.15) is 55.4 Å². The fourth-order valence-corrected chi connectivity index (χ4v) is 8.11. The Morgan fingerprint density at radius 3 is 0.500 bits per heavy atom. The van der Waals surface area contributed by atoms with Gasteiger partial charge < -0.3 is 29.4 Å². The van der Waals surface area contributed by atoms with Crippen molar-refractivity contribution < 1.29 is 0 Å². The van der Waals surface area contributed by atoms with Gasteiger partial charge in [0.15, 0.2) is 0 Å². The first-order chi connectivity index (χ1) is 28.4. The van der Waals surface area contributed by atoms with Crippen LogP contribution in [0.25, 0.3) is 11.1 Å². The van der Waals surface area contributed by atoms with Crippen LogP contribution in [0.15, 0.2) is 146 Å². The molecule has 0 radical (unpaired) electrons. The van der Waals surface area contributed by atoms with Crippen LogP contribution in [-0.4, -0.2) is 52.4 Å². The van der Waals surface area contributed by atoms with E-state index >= 15 is 0 Å². The summed E-state index contributed by atoms with van der Waals surface area (Å²) in [5, 5.41) is 0. The lowest BCUT2D eigenvalue weighted by molar-refractivity contribution is 0.866. The molecule has 0 unspecified atom stereocenters. The fraction of sp³-hybridized carbons (Fsp3) is 0.308. The molecule has 6 heteroatoms. The number of benzene rings is 6. The van der Waals surface area contributed by atoms with Crippen molar-refractivity contribution in [3.63, 3.8) is 0 Å². The van der Waals surface area contributed by atoms with Gasteiger partial charge in [-0.05, 0) is 188 Å². The Labute approximate surface area is 349 Å². The summed E-state index contributed by atoms with van der Waals surface area (Å²) in [6.07, 6.45) is 0. The summed E-state index contributed by atoms with van der Waals surface area (Å²) in [4.78, 5) is 14.3. The van der Waals surface area contributed by atoms with Crippen molar-refractivity contribution in [3.8, 4) is 11.1 Å². The van der Waals surface area contributed by atoms with Gasteiger partial charge in [-0.3, -0.25) is 0 Å². The average molecular weight is 773 g/mol. The average Bonchev–Trinajstić information content (AvgIpc) is 3.28. The summed E-state index contributed by atoms with van der Waals surface area (Å²) in [6.45, 7) is 25.6. The first-order valence-electron chi connectivity index (χ1n) is 21.6. The molecule has 0 saturated heterocycles. The molecule has 6 nitrogen and oxygen atoms in total. The molecular weight excluding hydrogens is 709 g/mol. The highest BCUT2D eigenvalue weighted by molar-refractivity contribution is 5.82. The summed E-state index contributed by atoms with van der Waals surface area (Å²) in [5.74, 6) is 0. The second-order valence-electron chi connectivity index (χ2n) is 14.5. The highest BCUT2D eigenvalue weighted by Crippen LogP contribution is 2.40. The largest absolute Gasteiger partial charge is 0.372 e. The first kappa shape index (κ1) is 41.7. The molecule has 0 bridgehead atoms. The third-order valence-corrected chi connectivity index (χ3v) is 11.5. The van der Waals surface area contributed by atoms with Gasteiger partial charge in [0, 0.05) is 109 Å². The molecule has 6 rings (SSSR count). The number of anilines is 10. The lowest BCUT2D eigenvalue weighted by Gasteiger charge is -2.28. The van der Waals surface area contributed by atoms with Crippen molar-refractivity contribution in [2.75, 3.05) is 81.8 Å². The molecule has 0 spiro atoms. The van der Waals surface area contributed by atoms with Crippen molar-refractivity contribution in [1.29, 1.82) is 0 Å². The minimum absolute atomic E-state index is 0.987. The molecule has 0 fully saturated rings. The van der Waals surface area contributed by atoms with Crippen LogP contribution in [0, 0.1) is 0 Å². The number of hydrogen-bond donors (Lipinski definition) is 0. The van der Waals surface area contributed by atoms with Gasteiger partial charge in [-0.1, -0.05) is 24.3 Å². The second kappa shape index (κ2) is 20.0. The molecule has 302 valence electrons. The van der Waals surface area contributed by atoms with E-state index in [-0.39, 0.29) is 0 Å². The summed E-state index contributed by atoms with van der Waals surface area (Å²) in [6, 6.07) is 54.0. The molecule has 0 amide bonds. The van der Waals surface area contributed by atoms with Crippen LogP contribution in [0.5, 0.6) is 0 Å². The van der Waals surface area contributed by atoms with Gasteiger partial charge in [-0.25, -0.2) is 0 Å². The van der Waals surface area contributed by atoms with Gasteiger partial charge in [0.1, 0.15) is 0 Å². The highest BCUT2D eigenvalue weighted by atomic mass is 15.2. The third kappa shape index (κ3) is 9.29. The first-order valence-corrected chi connectivity index (χ1v) is 21.6. The van der Waals surface area contributed by atoms with Gasteiger partial charge in [-0.2, -0.15) is 0 Å². The maximum atomic E-state index is 2.39. The fourth-order valence-electron chi connectivity index (χ4n) is 8.11. The predicted octanol–water partition coefficient (Wildman–Crippen LogP) is 13.7. The molecule has 0 aliphatic heterocycles. The normalized spacial score (nSPS) is 11.0. The van der Waals surface area contributed by atoms with Crippen molar-refractivity contribution in [3.05, 3.63) is 146 Å². The topological polar surface area (TPSA) is 19.4 Å². The smallest absolute Gasteiger partial charge is 0.0463 e. The van der Waals surface area contributed by atoms with Crippen LogP contribution >= 0.6 is 0 Å². The lowest BCUT2D eigenvalue weighted by atomic mass is 10.0. The quantitative estimate of drug-likeness (QED) is 0.0811. The minimum atomic E-state index is 0.987. The highest BCUT2D eigenvalue weighted by Gasteiger charge is 2.17. The van der Waals surface area contributed by atoms with E-state index in [1.807, 2.05) is 0 Å². The molecular formula is C52H64N6. The van der Waals surface area contributed by atoms with E-state index in [2.05, 4.69) is 230 Å². The molecule has 0 atom stereocenters. The van der Waals surface area contributed by atoms with Crippen molar-refractivity contribution >= 4 is 56.9 Å². The zero-order chi connectivity index (χ0) is 41.0.